The molecule has 2 rings (SSSR count). The van der Waals surface area contributed by atoms with Gasteiger partial charge in [-0.15, -0.1) is 0 Å². The van der Waals surface area contributed by atoms with Crippen LogP contribution in [-0.2, 0) is 16.1 Å². The SMILES string of the molecule is CCn1c(=O)c(=O)[nH]c2cc(C(=O)N(CCN(C)C)CC(=O)OC(C)(C)C)ccc21. The van der Waals surface area contributed by atoms with E-state index < -0.39 is 22.7 Å². The Morgan fingerprint density at radius 1 is 1.13 bits per heavy atom. The van der Waals surface area contributed by atoms with Crippen molar-refractivity contribution >= 4 is 22.9 Å². The van der Waals surface area contributed by atoms with E-state index in [1.807, 2.05) is 19.0 Å². The lowest BCUT2D eigenvalue weighted by molar-refractivity contribution is -0.155. The number of hydrogen-bond donors (Lipinski definition) is 1. The Morgan fingerprint density at radius 2 is 1.80 bits per heavy atom. The molecule has 1 heterocycles. The second kappa shape index (κ2) is 9.25. The summed E-state index contributed by atoms with van der Waals surface area (Å²) in [5.74, 6) is -0.858. The molecule has 0 aliphatic rings. The van der Waals surface area contributed by atoms with Crippen LogP contribution in [0, 0.1) is 0 Å². The lowest BCUT2D eigenvalue weighted by Gasteiger charge is -2.26. The molecule has 1 N–H and O–H groups in total. The number of carbonyl (C=O) groups is 2. The van der Waals surface area contributed by atoms with E-state index in [1.54, 1.807) is 39.8 Å². The molecular formula is C21H30N4O5. The van der Waals surface area contributed by atoms with E-state index in [9.17, 15) is 19.2 Å². The van der Waals surface area contributed by atoms with Gasteiger partial charge in [-0.2, -0.15) is 0 Å². The zero-order valence-electron chi connectivity index (χ0n) is 18.4. The zero-order chi connectivity index (χ0) is 22.6. The fourth-order valence-corrected chi connectivity index (χ4v) is 3.01. The summed E-state index contributed by atoms with van der Waals surface area (Å²) >= 11 is 0. The third-order valence-electron chi connectivity index (χ3n) is 4.38. The maximum Gasteiger partial charge on any atom is 0.326 e. The minimum absolute atomic E-state index is 0.188. The number of nitrogens with zero attached hydrogens (tertiary/aromatic N) is 3. The lowest BCUT2D eigenvalue weighted by atomic mass is 10.1. The fraction of sp³-hybridized carbons (Fsp3) is 0.524. The van der Waals surface area contributed by atoms with Crippen molar-refractivity contribution in [1.82, 2.24) is 19.4 Å². The highest BCUT2D eigenvalue weighted by atomic mass is 16.6. The number of hydrogen-bond acceptors (Lipinski definition) is 6. The summed E-state index contributed by atoms with van der Waals surface area (Å²) in [7, 11) is 3.75. The van der Waals surface area contributed by atoms with Crippen molar-refractivity contribution in [3.63, 3.8) is 0 Å². The molecule has 0 unspecified atom stereocenters. The van der Waals surface area contributed by atoms with Gasteiger partial charge >= 0.3 is 17.1 Å². The number of benzene rings is 1. The van der Waals surface area contributed by atoms with Crippen LogP contribution >= 0.6 is 0 Å². The Kier molecular flexibility index (Phi) is 7.20. The number of aromatic nitrogens is 2. The summed E-state index contributed by atoms with van der Waals surface area (Å²) in [5, 5.41) is 0. The molecule has 0 radical (unpaired) electrons. The average Bonchev–Trinajstić information content (AvgIpc) is 2.63. The Bertz CT molecular complexity index is 1050. The summed E-state index contributed by atoms with van der Waals surface area (Å²) in [6.07, 6.45) is 0. The molecule has 9 nitrogen and oxygen atoms in total. The highest BCUT2D eigenvalue weighted by molar-refractivity contribution is 5.98. The van der Waals surface area contributed by atoms with Crippen LogP contribution in [0.25, 0.3) is 11.0 Å². The minimum atomic E-state index is -0.743. The van der Waals surface area contributed by atoms with Gasteiger partial charge in [0.1, 0.15) is 12.1 Å². The summed E-state index contributed by atoms with van der Waals surface area (Å²) < 4.78 is 6.71. The van der Waals surface area contributed by atoms with Crippen molar-refractivity contribution < 1.29 is 14.3 Å². The molecule has 0 spiro atoms. The number of nitrogens with one attached hydrogen (secondary N) is 1. The quantitative estimate of drug-likeness (QED) is 0.532. The maximum atomic E-state index is 13.1. The molecule has 1 amide bonds. The molecule has 0 aliphatic heterocycles. The molecule has 0 saturated carbocycles. The van der Waals surface area contributed by atoms with E-state index in [0.29, 0.717) is 36.2 Å². The summed E-state index contributed by atoms with van der Waals surface area (Å²) in [6.45, 7) is 8.11. The first kappa shape index (κ1) is 23.3. The Labute approximate surface area is 175 Å². The third kappa shape index (κ3) is 5.79. The second-order valence-electron chi connectivity index (χ2n) is 8.35. The first-order valence-electron chi connectivity index (χ1n) is 9.85. The molecule has 0 saturated heterocycles. The van der Waals surface area contributed by atoms with Crippen molar-refractivity contribution in [2.45, 2.75) is 39.8 Å². The van der Waals surface area contributed by atoms with Gasteiger partial charge in [-0.3, -0.25) is 19.2 Å². The molecule has 0 aliphatic carbocycles. The topological polar surface area (TPSA) is 105 Å². The molecule has 0 atom stereocenters. The Morgan fingerprint density at radius 3 is 2.37 bits per heavy atom. The number of carbonyl (C=O) groups excluding carboxylic acids is 2. The smallest absolute Gasteiger partial charge is 0.326 e. The first-order chi connectivity index (χ1) is 13.9. The predicted molar refractivity (Wildman–Crippen MR) is 115 cm³/mol. The molecule has 0 fully saturated rings. The Hall–Kier alpha value is -2.94. The van der Waals surface area contributed by atoms with Crippen molar-refractivity contribution in [3.8, 4) is 0 Å². The zero-order valence-corrected chi connectivity index (χ0v) is 18.4. The van der Waals surface area contributed by atoms with Gasteiger partial charge in [-0.05, 0) is 60.0 Å². The van der Waals surface area contributed by atoms with E-state index >= 15 is 0 Å². The lowest BCUT2D eigenvalue weighted by Crippen LogP contribution is -2.42. The van der Waals surface area contributed by atoms with Crippen LogP contribution < -0.4 is 11.1 Å². The van der Waals surface area contributed by atoms with Crippen LogP contribution in [0.2, 0.25) is 0 Å². The van der Waals surface area contributed by atoms with Gasteiger partial charge in [0.2, 0.25) is 0 Å². The van der Waals surface area contributed by atoms with Gasteiger partial charge in [0.05, 0.1) is 11.0 Å². The number of rotatable bonds is 7. The van der Waals surface area contributed by atoms with Crippen LogP contribution in [-0.4, -0.2) is 70.6 Å². The van der Waals surface area contributed by atoms with Gasteiger partial charge in [-0.1, -0.05) is 0 Å². The van der Waals surface area contributed by atoms with Crippen LogP contribution in [0.5, 0.6) is 0 Å². The van der Waals surface area contributed by atoms with E-state index in [-0.39, 0.29) is 12.5 Å². The second-order valence-corrected chi connectivity index (χ2v) is 8.35. The van der Waals surface area contributed by atoms with E-state index in [1.165, 1.54) is 15.5 Å². The number of ether oxygens (including phenoxy) is 1. The normalized spacial score (nSPS) is 11.7. The number of esters is 1. The summed E-state index contributed by atoms with van der Waals surface area (Å²) in [6, 6.07) is 4.75. The van der Waals surface area contributed by atoms with Gasteiger partial charge in [-0.25, -0.2) is 0 Å². The molecular weight excluding hydrogens is 388 g/mol. The highest BCUT2D eigenvalue weighted by Crippen LogP contribution is 2.15. The number of fused-ring (bicyclic) bond motifs is 1. The number of aromatic amines is 1. The van der Waals surface area contributed by atoms with Crippen LogP contribution in [0.3, 0.4) is 0 Å². The molecule has 1 aromatic heterocycles. The van der Waals surface area contributed by atoms with Gasteiger partial charge < -0.3 is 24.1 Å². The van der Waals surface area contributed by atoms with Gasteiger partial charge in [0.25, 0.3) is 5.91 Å². The van der Waals surface area contributed by atoms with E-state index in [2.05, 4.69) is 4.98 Å². The molecule has 1 aromatic carbocycles. The van der Waals surface area contributed by atoms with Crippen molar-refractivity contribution in [1.29, 1.82) is 0 Å². The maximum absolute atomic E-state index is 13.1. The minimum Gasteiger partial charge on any atom is -0.459 e. The van der Waals surface area contributed by atoms with Crippen molar-refractivity contribution in [2.24, 2.45) is 0 Å². The monoisotopic (exact) mass is 418 g/mol. The fourth-order valence-electron chi connectivity index (χ4n) is 3.01. The molecule has 2 aromatic rings. The molecule has 30 heavy (non-hydrogen) atoms. The predicted octanol–water partition coefficient (Wildman–Crippen LogP) is 1.06. The number of likely N-dealkylation sites (N-methyl/N-ethyl adjacent to an activating group) is 1. The van der Waals surface area contributed by atoms with Crippen LogP contribution in [0.4, 0.5) is 0 Å². The average molecular weight is 418 g/mol. The van der Waals surface area contributed by atoms with Crippen molar-refractivity contribution in [3.05, 3.63) is 44.5 Å². The molecule has 0 bridgehead atoms. The van der Waals surface area contributed by atoms with Gasteiger partial charge in [0.15, 0.2) is 0 Å². The number of aryl methyl sites for hydroxylation is 1. The number of amides is 1. The van der Waals surface area contributed by atoms with Gasteiger partial charge in [0, 0.05) is 25.2 Å². The largest absolute Gasteiger partial charge is 0.459 e. The highest BCUT2D eigenvalue weighted by Gasteiger charge is 2.23. The summed E-state index contributed by atoms with van der Waals surface area (Å²) in [4.78, 5) is 55.3. The first-order valence-corrected chi connectivity index (χ1v) is 9.85. The molecule has 164 valence electrons. The van der Waals surface area contributed by atoms with Crippen molar-refractivity contribution in [2.75, 3.05) is 33.7 Å². The van der Waals surface area contributed by atoms with Crippen LogP contribution in [0.15, 0.2) is 27.8 Å². The number of H-pyrrole nitrogens is 1. The summed E-state index contributed by atoms with van der Waals surface area (Å²) in [5.41, 5.74) is -0.808. The van der Waals surface area contributed by atoms with E-state index in [0.717, 1.165) is 0 Å². The molecule has 9 heteroatoms. The van der Waals surface area contributed by atoms with Crippen LogP contribution in [0.1, 0.15) is 38.1 Å². The third-order valence-corrected chi connectivity index (χ3v) is 4.38. The van der Waals surface area contributed by atoms with E-state index in [4.69, 9.17) is 4.74 Å². The Balaban J connectivity index is 2.39. The standard InChI is InChI=1S/C21H30N4O5/c1-7-25-16-9-8-14(12-15(16)22-18(27)20(25)29)19(28)24(11-10-23(5)6)13-17(26)30-21(2,3)4/h8-9,12H,7,10-11,13H2,1-6H3,(H,22,27).